The Balaban J connectivity index is 5.22. The summed E-state index contributed by atoms with van der Waals surface area (Å²) in [4.78, 5) is 72.6. The first-order valence-electron chi connectivity index (χ1n) is 38.0. The minimum Gasteiger partial charge on any atom is -0.462 e. The van der Waals surface area contributed by atoms with Crippen molar-refractivity contribution in [2.24, 2.45) is 11.8 Å². The fourth-order valence-corrected chi connectivity index (χ4v) is 12.7. The molecule has 17 nitrogen and oxygen atoms in total. The normalized spacial score (nSPS) is 14.1. The summed E-state index contributed by atoms with van der Waals surface area (Å²) in [6, 6.07) is 0. The van der Waals surface area contributed by atoms with E-state index in [-0.39, 0.29) is 25.7 Å². The second kappa shape index (κ2) is 65.0. The Morgan fingerprint density at radius 3 is 0.739 bits per heavy atom. The summed E-state index contributed by atoms with van der Waals surface area (Å²) < 4.78 is 68.4. The van der Waals surface area contributed by atoms with Crippen LogP contribution < -0.4 is 0 Å². The molecule has 2 unspecified atom stereocenters. The van der Waals surface area contributed by atoms with Gasteiger partial charge in [-0.25, -0.2) is 9.13 Å². The largest absolute Gasteiger partial charge is 0.472 e. The van der Waals surface area contributed by atoms with Crippen molar-refractivity contribution in [1.29, 1.82) is 0 Å². The third kappa shape index (κ3) is 66.7. The molecule has 0 saturated carbocycles. The molecular weight excluding hydrogens is 1210 g/mol. The lowest BCUT2D eigenvalue weighted by Gasteiger charge is -2.21. The monoisotopic (exact) mass is 1350 g/mol. The van der Waals surface area contributed by atoms with Gasteiger partial charge in [-0.15, -0.1) is 0 Å². The van der Waals surface area contributed by atoms with Crippen molar-refractivity contribution in [3.8, 4) is 0 Å². The maximum Gasteiger partial charge on any atom is 0.472 e. The standard InChI is InChI=1S/C73H142O17P2/c1-7-9-11-13-15-17-19-21-23-24-25-26-28-30-32-38-45-51-57-72(77)89-68(61-83-70(75)55-49-43-37-31-29-27-22-20-18-16-14-12-10-8-2)63-87-91(79,80)85-59-67(74)60-86-92(81,82)88-64-69(90-73(78)58-52-46-40-34-36-42-48-54-66(5)6)62-84-71(76)56-50-44-39-33-35-41-47-53-65(3)4/h65-69,74H,7-64H2,1-6H3,(H,79,80)(H,81,82)/t67-,68-,69-/m1/s1. The number of hydrogen-bond donors (Lipinski definition) is 3. The van der Waals surface area contributed by atoms with E-state index in [9.17, 15) is 43.2 Å². The lowest BCUT2D eigenvalue weighted by molar-refractivity contribution is -0.161. The van der Waals surface area contributed by atoms with Crippen LogP contribution in [0.1, 0.15) is 375 Å². The summed E-state index contributed by atoms with van der Waals surface area (Å²) in [7, 11) is -9.90. The van der Waals surface area contributed by atoms with Gasteiger partial charge in [-0.2, -0.15) is 0 Å². The van der Waals surface area contributed by atoms with Gasteiger partial charge in [-0.1, -0.05) is 324 Å². The third-order valence-electron chi connectivity index (χ3n) is 17.0. The molecule has 3 N–H and O–H groups in total. The molecule has 0 aliphatic carbocycles. The molecule has 0 aliphatic rings. The number of aliphatic hydroxyl groups is 1. The van der Waals surface area contributed by atoms with E-state index in [4.69, 9.17) is 37.0 Å². The van der Waals surface area contributed by atoms with Crippen LogP contribution >= 0.6 is 15.6 Å². The summed E-state index contributed by atoms with van der Waals surface area (Å²) in [5, 5.41) is 10.6. The first kappa shape index (κ1) is 90.1. The van der Waals surface area contributed by atoms with Crippen molar-refractivity contribution < 1.29 is 80.2 Å². The Labute approximate surface area is 562 Å². The molecule has 0 aromatic rings. The van der Waals surface area contributed by atoms with Gasteiger partial charge in [0.15, 0.2) is 12.2 Å². The smallest absolute Gasteiger partial charge is 0.462 e. The minimum atomic E-state index is -4.95. The molecule has 0 heterocycles. The maximum absolute atomic E-state index is 13.1. The first-order chi connectivity index (χ1) is 44.4. The van der Waals surface area contributed by atoms with Crippen LogP contribution in [0.5, 0.6) is 0 Å². The van der Waals surface area contributed by atoms with Gasteiger partial charge in [-0.05, 0) is 37.5 Å². The fourth-order valence-electron chi connectivity index (χ4n) is 11.1. The van der Waals surface area contributed by atoms with Crippen molar-refractivity contribution in [2.75, 3.05) is 39.6 Å². The molecule has 0 spiro atoms. The minimum absolute atomic E-state index is 0.103. The first-order valence-corrected chi connectivity index (χ1v) is 41.0. The molecular formula is C73H142O17P2. The lowest BCUT2D eigenvalue weighted by atomic mass is 10.0. The van der Waals surface area contributed by atoms with Crippen LogP contribution in [0.3, 0.4) is 0 Å². The number of hydrogen-bond acceptors (Lipinski definition) is 15. The summed E-state index contributed by atoms with van der Waals surface area (Å²) in [6.07, 6.45) is 51.5. The van der Waals surface area contributed by atoms with Gasteiger partial charge in [0, 0.05) is 25.7 Å². The predicted octanol–water partition coefficient (Wildman–Crippen LogP) is 21.2. The number of esters is 4. The van der Waals surface area contributed by atoms with E-state index in [1.54, 1.807) is 0 Å². The molecule has 0 radical (unpaired) electrons. The maximum atomic E-state index is 13.1. The van der Waals surface area contributed by atoms with Gasteiger partial charge in [0.2, 0.25) is 0 Å². The van der Waals surface area contributed by atoms with Gasteiger partial charge in [0.1, 0.15) is 19.3 Å². The van der Waals surface area contributed by atoms with Crippen LogP contribution in [0.25, 0.3) is 0 Å². The highest BCUT2D eigenvalue weighted by atomic mass is 31.2. The summed E-state index contributed by atoms with van der Waals surface area (Å²) in [5.74, 6) is -0.722. The van der Waals surface area contributed by atoms with Crippen LogP contribution in [0.15, 0.2) is 0 Å². The van der Waals surface area contributed by atoms with Gasteiger partial charge < -0.3 is 33.8 Å². The highest BCUT2D eigenvalue weighted by Crippen LogP contribution is 2.45. The van der Waals surface area contributed by atoms with Crippen LogP contribution in [0.2, 0.25) is 0 Å². The van der Waals surface area contributed by atoms with E-state index >= 15 is 0 Å². The van der Waals surface area contributed by atoms with E-state index in [0.717, 1.165) is 96.3 Å². The Morgan fingerprint density at radius 2 is 0.500 bits per heavy atom. The van der Waals surface area contributed by atoms with Crippen LogP contribution in [0.4, 0.5) is 0 Å². The molecule has 0 aliphatic heterocycles. The number of phosphoric acid groups is 2. The number of rotatable bonds is 72. The Bertz CT molecular complexity index is 1790. The SMILES string of the molecule is CCCCCCCCCCCCCCCCCCCCC(=O)O[C@H](COC(=O)CCCCCCCCCCCCCCCC)COP(=O)(O)OC[C@@H](O)COP(=O)(O)OC[C@@H](COC(=O)CCCCCCCCCC(C)C)OC(=O)CCCCCCCCCC(C)C. The molecule has 0 bridgehead atoms. The van der Waals surface area contributed by atoms with Gasteiger partial charge in [0.25, 0.3) is 0 Å². The van der Waals surface area contributed by atoms with Crippen molar-refractivity contribution >= 4 is 39.5 Å². The molecule has 0 saturated heterocycles. The zero-order valence-corrected chi connectivity index (χ0v) is 61.6. The van der Waals surface area contributed by atoms with Gasteiger partial charge in [-0.3, -0.25) is 37.3 Å². The van der Waals surface area contributed by atoms with Crippen LogP contribution in [0, 0.1) is 11.8 Å². The van der Waals surface area contributed by atoms with E-state index in [1.165, 1.54) is 186 Å². The second-order valence-electron chi connectivity index (χ2n) is 27.3. The van der Waals surface area contributed by atoms with Gasteiger partial charge in [0.05, 0.1) is 26.4 Å². The van der Waals surface area contributed by atoms with Gasteiger partial charge >= 0.3 is 39.5 Å². The number of ether oxygens (including phenoxy) is 4. The topological polar surface area (TPSA) is 237 Å². The summed E-state index contributed by atoms with van der Waals surface area (Å²) in [5.41, 5.74) is 0. The molecule has 92 heavy (non-hydrogen) atoms. The van der Waals surface area contributed by atoms with Crippen molar-refractivity contribution in [3.63, 3.8) is 0 Å². The molecule has 0 fully saturated rings. The summed E-state index contributed by atoms with van der Waals surface area (Å²) in [6.45, 7) is 9.45. The molecule has 0 aromatic heterocycles. The molecule has 0 rings (SSSR count). The van der Waals surface area contributed by atoms with E-state index < -0.39 is 97.5 Å². The molecule has 5 atom stereocenters. The third-order valence-corrected chi connectivity index (χ3v) is 18.9. The average Bonchev–Trinajstić information content (AvgIpc) is 2.45. The fraction of sp³-hybridized carbons (Fsp3) is 0.945. The van der Waals surface area contributed by atoms with Crippen molar-refractivity contribution in [1.82, 2.24) is 0 Å². The molecule has 0 aromatic carbocycles. The number of unbranched alkanes of at least 4 members (excludes halogenated alkanes) is 42. The highest BCUT2D eigenvalue weighted by molar-refractivity contribution is 7.47. The Morgan fingerprint density at radius 1 is 0.293 bits per heavy atom. The highest BCUT2D eigenvalue weighted by Gasteiger charge is 2.30. The van der Waals surface area contributed by atoms with Crippen molar-refractivity contribution in [3.05, 3.63) is 0 Å². The molecule has 546 valence electrons. The zero-order valence-electron chi connectivity index (χ0n) is 59.9. The number of aliphatic hydroxyl groups excluding tert-OH is 1. The van der Waals surface area contributed by atoms with E-state index in [1.807, 2.05) is 0 Å². The Hall–Kier alpha value is -1.94. The zero-order chi connectivity index (χ0) is 67.9. The number of phosphoric ester groups is 2. The predicted molar refractivity (Wildman–Crippen MR) is 372 cm³/mol. The molecule has 0 amide bonds. The Kier molecular flexibility index (Phi) is 63.7. The number of carbonyl (C=O) groups excluding carboxylic acids is 4. The lowest BCUT2D eigenvalue weighted by Crippen LogP contribution is -2.30. The van der Waals surface area contributed by atoms with Crippen LogP contribution in [-0.4, -0.2) is 96.7 Å². The average molecular weight is 1350 g/mol. The van der Waals surface area contributed by atoms with Crippen LogP contribution in [-0.2, 0) is 65.4 Å². The number of carbonyl (C=O) groups is 4. The van der Waals surface area contributed by atoms with E-state index in [0.29, 0.717) is 37.5 Å². The quantitative estimate of drug-likeness (QED) is 0.0222. The van der Waals surface area contributed by atoms with E-state index in [2.05, 4.69) is 41.5 Å². The summed E-state index contributed by atoms with van der Waals surface area (Å²) >= 11 is 0. The molecule has 19 heteroatoms. The second-order valence-corrected chi connectivity index (χ2v) is 30.2. The van der Waals surface area contributed by atoms with Crippen molar-refractivity contribution in [2.45, 2.75) is 394 Å².